The summed E-state index contributed by atoms with van der Waals surface area (Å²) in [6.45, 7) is 1.77. The Kier molecular flexibility index (Phi) is 10.0. The van der Waals surface area contributed by atoms with Crippen LogP contribution in [0.15, 0.2) is 75.8 Å². The van der Waals surface area contributed by atoms with Gasteiger partial charge in [-0.15, -0.1) is 0 Å². The Morgan fingerprint density at radius 1 is 1.05 bits per heavy atom. The largest absolute Gasteiger partial charge is 1.00 e. The molecule has 1 amide bonds. The molecular formula is C26H20Cl2N3NaO6S. The number of fused-ring (bicyclic) bond motifs is 1. The molecule has 39 heavy (non-hydrogen) atoms. The first-order chi connectivity index (χ1) is 18.0. The molecule has 0 radical (unpaired) electrons. The van der Waals surface area contributed by atoms with Crippen LogP contribution in [0.1, 0.15) is 22.8 Å². The predicted molar refractivity (Wildman–Crippen MR) is 144 cm³/mol. The van der Waals surface area contributed by atoms with Gasteiger partial charge in [0, 0.05) is 22.0 Å². The van der Waals surface area contributed by atoms with E-state index >= 15 is 0 Å². The van der Waals surface area contributed by atoms with Crippen LogP contribution in [0.3, 0.4) is 0 Å². The first-order valence-electron chi connectivity index (χ1n) is 11.1. The van der Waals surface area contributed by atoms with Crippen LogP contribution in [0.25, 0.3) is 10.8 Å². The van der Waals surface area contributed by atoms with E-state index in [4.69, 9.17) is 27.9 Å². The van der Waals surface area contributed by atoms with Gasteiger partial charge in [-0.25, -0.2) is 0 Å². The van der Waals surface area contributed by atoms with Crippen molar-refractivity contribution in [2.24, 2.45) is 10.2 Å². The van der Waals surface area contributed by atoms with Crippen molar-refractivity contribution in [2.45, 2.75) is 18.2 Å². The number of carbonyl (C=O) groups is 1. The average molecular weight is 596 g/mol. The zero-order valence-electron chi connectivity index (χ0n) is 21.0. The number of hydrogen-bond donors (Lipinski definition) is 2. The van der Waals surface area contributed by atoms with Gasteiger partial charge in [-0.2, -0.15) is 18.6 Å². The van der Waals surface area contributed by atoms with Crippen LogP contribution in [0.2, 0.25) is 10.0 Å². The van der Waals surface area contributed by atoms with Gasteiger partial charge in [0.1, 0.15) is 5.75 Å². The maximum atomic E-state index is 13.4. The fraction of sp³-hybridized carbons (Fsp3) is 0.115. The van der Waals surface area contributed by atoms with Crippen molar-refractivity contribution in [3.8, 4) is 11.5 Å². The van der Waals surface area contributed by atoms with Crippen molar-refractivity contribution in [3.63, 3.8) is 0 Å². The number of halogens is 2. The molecule has 0 fully saturated rings. The Morgan fingerprint density at radius 3 is 2.41 bits per heavy atom. The summed E-state index contributed by atoms with van der Waals surface area (Å²) in [6.07, 6.45) is 0.370. The molecule has 0 heterocycles. The quantitative estimate of drug-likeness (QED) is 0.189. The first-order valence-corrected chi connectivity index (χ1v) is 13.3. The van der Waals surface area contributed by atoms with E-state index < -0.39 is 26.7 Å². The Morgan fingerprint density at radius 2 is 1.77 bits per heavy atom. The number of nitrogens with one attached hydrogen (secondary N) is 1. The smallest absolute Gasteiger partial charge is 0.870 e. The molecular weight excluding hydrogens is 576 g/mol. The van der Waals surface area contributed by atoms with Gasteiger partial charge in [0.15, 0.2) is 0 Å². The summed E-state index contributed by atoms with van der Waals surface area (Å²) in [6, 6.07) is 15.1. The molecule has 4 aromatic rings. The number of ether oxygens (including phenoxy) is 1. The molecule has 4 rings (SSSR count). The van der Waals surface area contributed by atoms with Crippen LogP contribution in [0.5, 0.6) is 11.5 Å². The molecule has 9 nitrogen and oxygen atoms in total. The first kappa shape index (κ1) is 30.8. The number of hydrogen-bond acceptors (Lipinski definition) is 7. The van der Waals surface area contributed by atoms with E-state index in [1.165, 1.54) is 19.2 Å². The molecule has 0 aliphatic rings. The molecule has 0 aromatic heterocycles. The molecule has 0 spiro atoms. The second-order valence-corrected chi connectivity index (χ2v) is 10.3. The Balaban J connectivity index is 0.00000420. The van der Waals surface area contributed by atoms with E-state index in [1.807, 2.05) is 0 Å². The van der Waals surface area contributed by atoms with E-state index in [-0.39, 0.29) is 62.2 Å². The van der Waals surface area contributed by atoms with Crippen LogP contribution >= 0.6 is 23.2 Å². The molecule has 13 heteroatoms. The topological polar surface area (TPSA) is 140 Å². The number of methoxy groups -OCH3 is 1. The van der Waals surface area contributed by atoms with E-state index in [0.29, 0.717) is 28.5 Å². The zero-order chi connectivity index (χ0) is 27.6. The SMILES string of the molecule is CCc1c(Cl)cc(S(=O)(=O)O)cc1N=Nc1c([O-])c(C(=O)Nc2ccc(OC)cc2Cl)cc2ccccc12.[Na+]. The molecule has 0 aliphatic carbocycles. The third-order valence-corrected chi connectivity index (χ3v) is 7.18. The van der Waals surface area contributed by atoms with Crippen molar-refractivity contribution in [2.75, 3.05) is 12.4 Å². The molecule has 196 valence electrons. The minimum atomic E-state index is -4.57. The molecule has 0 saturated carbocycles. The molecule has 4 aromatic carbocycles. The second-order valence-electron chi connectivity index (χ2n) is 8.05. The number of rotatable bonds is 7. The molecule has 2 N–H and O–H groups in total. The fourth-order valence-electron chi connectivity index (χ4n) is 3.78. The van der Waals surface area contributed by atoms with Crippen LogP contribution in [0, 0.1) is 0 Å². The molecule has 0 unspecified atom stereocenters. The van der Waals surface area contributed by atoms with Gasteiger partial charge in [-0.1, -0.05) is 60.1 Å². The van der Waals surface area contributed by atoms with Crippen LogP contribution in [-0.4, -0.2) is 26.0 Å². The van der Waals surface area contributed by atoms with Gasteiger partial charge in [-0.05, 0) is 47.7 Å². The van der Waals surface area contributed by atoms with Crippen LogP contribution in [0.4, 0.5) is 17.1 Å². The van der Waals surface area contributed by atoms with Crippen molar-refractivity contribution in [3.05, 3.63) is 81.8 Å². The van der Waals surface area contributed by atoms with Crippen LogP contribution in [-0.2, 0) is 16.5 Å². The number of anilines is 1. The second kappa shape index (κ2) is 12.6. The van der Waals surface area contributed by atoms with Crippen molar-refractivity contribution < 1.29 is 57.2 Å². The Bertz CT molecular complexity index is 1710. The summed E-state index contributed by atoms with van der Waals surface area (Å²) in [5, 5.41) is 25.5. The summed E-state index contributed by atoms with van der Waals surface area (Å²) < 4.78 is 37.9. The van der Waals surface area contributed by atoms with Crippen LogP contribution < -0.4 is 44.7 Å². The Hall–Kier alpha value is -2.70. The Labute approximate surface area is 256 Å². The van der Waals surface area contributed by atoms with Crippen molar-refractivity contribution >= 4 is 67.1 Å². The van der Waals surface area contributed by atoms with E-state index in [1.54, 1.807) is 43.3 Å². The molecule has 0 atom stereocenters. The van der Waals surface area contributed by atoms with Gasteiger partial charge < -0.3 is 15.2 Å². The van der Waals surface area contributed by atoms with Gasteiger partial charge in [0.2, 0.25) is 0 Å². The normalized spacial score (nSPS) is 11.4. The van der Waals surface area contributed by atoms with E-state index in [0.717, 1.165) is 12.1 Å². The minimum Gasteiger partial charge on any atom is -0.870 e. The molecule has 0 saturated heterocycles. The number of nitrogens with zero attached hydrogens (tertiary/aromatic N) is 2. The minimum absolute atomic E-state index is 0. The van der Waals surface area contributed by atoms with E-state index in [9.17, 15) is 22.9 Å². The third kappa shape index (κ3) is 6.72. The summed E-state index contributed by atoms with van der Waals surface area (Å²) in [5.74, 6) is -0.921. The van der Waals surface area contributed by atoms with Gasteiger partial charge >= 0.3 is 29.6 Å². The molecule has 0 bridgehead atoms. The number of carbonyl (C=O) groups excluding carboxylic acids is 1. The summed E-state index contributed by atoms with van der Waals surface area (Å²) in [4.78, 5) is 12.7. The number of benzene rings is 4. The monoisotopic (exact) mass is 595 g/mol. The maximum absolute atomic E-state index is 13.4. The maximum Gasteiger partial charge on any atom is 1.00 e. The van der Waals surface area contributed by atoms with Gasteiger partial charge in [0.05, 0.1) is 34.1 Å². The van der Waals surface area contributed by atoms with Crippen molar-refractivity contribution in [1.82, 2.24) is 0 Å². The number of amides is 1. The fourth-order valence-corrected chi connectivity index (χ4v) is 4.94. The summed E-state index contributed by atoms with van der Waals surface area (Å²) in [7, 11) is -3.09. The third-order valence-electron chi connectivity index (χ3n) is 5.70. The zero-order valence-corrected chi connectivity index (χ0v) is 25.4. The molecule has 0 aliphatic heterocycles. The summed E-state index contributed by atoms with van der Waals surface area (Å²) >= 11 is 12.4. The van der Waals surface area contributed by atoms with Gasteiger partial charge in [-0.3, -0.25) is 9.35 Å². The average Bonchev–Trinajstić information content (AvgIpc) is 2.88. The number of azo groups is 1. The van der Waals surface area contributed by atoms with Crippen molar-refractivity contribution in [1.29, 1.82) is 0 Å². The predicted octanol–water partition coefficient (Wildman–Crippen LogP) is 3.71. The standard InChI is InChI=1S/C26H21Cl2N3O6S.Na/c1-3-17-20(27)12-16(38(34,35)36)13-23(17)30-31-24-18-7-5-4-6-14(18)10-19(25(24)32)26(33)29-22-9-8-15(37-2)11-21(22)28;/h4-13,32H,3H2,1-2H3,(H,29,33)(H,34,35,36);/q;+1/p-1. The summed E-state index contributed by atoms with van der Waals surface area (Å²) in [5.41, 5.74) is 0.450. The van der Waals surface area contributed by atoms with E-state index in [2.05, 4.69) is 15.5 Å². The van der Waals surface area contributed by atoms with Gasteiger partial charge in [0.25, 0.3) is 16.0 Å².